The Morgan fingerprint density at radius 1 is 1.35 bits per heavy atom. The van der Waals surface area contributed by atoms with Crippen LogP contribution in [0, 0.1) is 0 Å². The van der Waals surface area contributed by atoms with E-state index in [1.54, 1.807) is 41.2 Å². The van der Waals surface area contributed by atoms with E-state index >= 15 is 0 Å². The van der Waals surface area contributed by atoms with Crippen molar-refractivity contribution < 1.29 is 9.90 Å². The standard InChI is InChI=1S/C16H21ClN4O2/c1-3-11(2)21-15(8-9-19-21)20-16(23)18-10-14(22)12-4-6-13(17)7-5-12/h4-9,11,14,22H,3,10H2,1-2H3,(H2,18,20,23)/t11-,14+/m1/s1. The van der Waals surface area contributed by atoms with E-state index in [0.717, 1.165) is 6.42 Å². The van der Waals surface area contributed by atoms with E-state index in [1.807, 2.05) is 6.92 Å². The van der Waals surface area contributed by atoms with Gasteiger partial charge in [0.15, 0.2) is 0 Å². The molecule has 0 spiro atoms. The minimum absolute atomic E-state index is 0.102. The van der Waals surface area contributed by atoms with E-state index in [1.165, 1.54) is 0 Å². The van der Waals surface area contributed by atoms with Gasteiger partial charge in [-0.25, -0.2) is 9.48 Å². The van der Waals surface area contributed by atoms with Crippen molar-refractivity contribution >= 4 is 23.4 Å². The van der Waals surface area contributed by atoms with Crippen LogP contribution in [0.3, 0.4) is 0 Å². The number of urea groups is 1. The number of aliphatic hydroxyl groups excluding tert-OH is 1. The number of nitrogens with zero attached hydrogens (tertiary/aromatic N) is 2. The van der Waals surface area contributed by atoms with E-state index in [4.69, 9.17) is 11.6 Å². The second kappa shape index (κ2) is 7.99. The van der Waals surface area contributed by atoms with Crippen LogP contribution in [-0.4, -0.2) is 27.5 Å². The molecule has 0 aliphatic carbocycles. The fraction of sp³-hybridized carbons (Fsp3) is 0.375. The highest BCUT2D eigenvalue weighted by Gasteiger charge is 2.13. The third-order valence-corrected chi connectivity index (χ3v) is 3.88. The first-order chi connectivity index (χ1) is 11.0. The molecule has 1 aromatic heterocycles. The molecule has 0 aliphatic rings. The van der Waals surface area contributed by atoms with Gasteiger partial charge in [0.1, 0.15) is 5.82 Å². The Morgan fingerprint density at radius 3 is 2.70 bits per heavy atom. The number of aliphatic hydroxyl groups is 1. The predicted molar refractivity (Wildman–Crippen MR) is 90.7 cm³/mol. The Morgan fingerprint density at radius 2 is 2.04 bits per heavy atom. The zero-order valence-corrected chi connectivity index (χ0v) is 13.9. The molecule has 0 radical (unpaired) electrons. The van der Waals surface area contributed by atoms with Crippen LogP contribution >= 0.6 is 11.6 Å². The Balaban J connectivity index is 1.88. The fourth-order valence-corrected chi connectivity index (χ4v) is 2.22. The lowest BCUT2D eigenvalue weighted by molar-refractivity contribution is 0.175. The van der Waals surface area contributed by atoms with Crippen molar-refractivity contribution in [1.82, 2.24) is 15.1 Å². The highest BCUT2D eigenvalue weighted by atomic mass is 35.5. The molecule has 2 amide bonds. The summed E-state index contributed by atoms with van der Waals surface area (Å²) >= 11 is 5.81. The number of rotatable bonds is 6. The molecule has 0 fully saturated rings. The molecule has 2 rings (SSSR count). The zero-order valence-electron chi connectivity index (χ0n) is 13.2. The lowest BCUT2D eigenvalue weighted by Gasteiger charge is -2.16. The molecule has 1 aromatic carbocycles. The molecule has 3 N–H and O–H groups in total. The topological polar surface area (TPSA) is 79.2 Å². The van der Waals surface area contributed by atoms with Crippen LogP contribution in [0.25, 0.3) is 0 Å². The van der Waals surface area contributed by atoms with E-state index in [0.29, 0.717) is 16.4 Å². The third-order valence-electron chi connectivity index (χ3n) is 3.63. The summed E-state index contributed by atoms with van der Waals surface area (Å²) < 4.78 is 1.76. The number of hydrogen-bond acceptors (Lipinski definition) is 3. The number of halogens is 1. The molecule has 0 bridgehead atoms. The van der Waals surface area contributed by atoms with Gasteiger partial charge in [-0.05, 0) is 31.0 Å². The van der Waals surface area contributed by atoms with Gasteiger partial charge >= 0.3 is 6.03 Å². The lowest BCUT2D eigenvalue weighted by atomic mass is 10.1. The third kappa shape index (κ3) is 4.71. The first-order valence-electron chi connectivity index (χ1n) is 7.53. The second-order valence-corrected chi connectivity index (χ2v) is 5.76. The van der Waals surface area contributed by atoms with Gasteiger partial charge in [0, 0.05) is 17.6 Å². The van der Waals surface area contributed by atoms with Gasteiger partial charge < -0.3 is 10.4 Å². The minimum atomic E-state index is -0.794. The summed E-state index contributed by atoms with van der Waals surface area (Å²) in [6, 6.07) is 8.40. The highest BCUT2D eigenvalue weighted by molar-refractivity contribution is 6.30. The average molecular weight is 337 g/mol. The van der Waals surface area contributed by atoms with Crippen molar-refractivity contribution in [3.63, 3.8) is 0 Å². The van der Waals surface area contributed by atoms with Crippen molar-refractivity contribution in [2.75, 3.05) is 11.9 Å². The number of hydrogen-bond donors (Lipinski definition) is 3. The zero-order chi connectivity index (χ0) is 16.8. The molecular formula is C16H21ClN4O2. The Labute approximate surface area is 140 Å². The first kappa shape index (κ1) is 17.3. The SMILES string of the molecule is CC[C@@H](C)n1nccc1NC(=O)NC[C@H](O)c1ccc(Cl)cc1. The number of aromatic nitrogens is 2. The number of amides is 2. The fourth-order valence-electron chi connectivity index (χ4n) is 2.09. The molecule has 2 atom stereocenters. The van der Waals surface area contributed by atoms with E-state index in [-0.39, 0.29) is 18.6 Å². The van der Waals surface area contributed by atoms with Gasteiger partial charge in [-0.3, -0.25) is 5.32 Å². The summed E-state index contributed by atoms with van der Waals surface area (Å²) in [5.74, 6) is 0.623. The summed E-state index contributed by atoms with van der Waals surface area (Å²) in [6.07, 6.45) is 1.76. The predicted octanol–water partition coefficient (Wildman–Crippen LogP) is 3.36. The van der Waals surface area contributed by atoms with E-state index in [2.05, 4.69) is 22.7 Å². The summed E-state index contributed by atoms with van der Waals surface area (Å²) in [5.41, 5.74) is 0.694. The second-order valence-electron chi connectivity index (χ2n) is 5.32. The summed E-state index contributed by atoms with van der Waals surface area (Å²) in [5, 5.41) is 20.3. The number of carbonyl (C=O) groups is 1. The quantitative estimate of drug-likeness (QED) is 0.756. The molecule has 2 aromatic rings. The van der Waals surface area contributed by atoms with Crippen molar-refractivity contribution in [2.24, 2.45) is 0 Å². The monoisotopic (exact) mass is 336 g/mol. The number of benzene rings is 1. The van der Waals surface area contributed by atoms with Crippen LogP contribution in [0.15, 0.2) is 36.5 Å². The van der Waals surface area contributed by atoms with Gasteiger partial charge in [-0.15, -0.1) is 0 Å². The molecule has 0 saturated carbocycles. The molecule has 7 heteroatoms. The molecule has 23 heavy (non-hydrogen) atoms. The van der Waals surface area contributed by atoms with Crippen molar-refractivity contribution in [3.8, 4) is 0 Å². The van der Waals surface area contributed by atoms with Gasteiger partial charge in [-0.2, -0.15) is 5.10 Å². The molecular weight excluding hydrogens is 316 g/mol. The van der Waals surface area contributed by atoms with E-state index < -0.39 is 6.10 Å². The number of carbonyl (C=O) groups excluding carboxylic acids is 1. The van der Waals surface area contributed by atoms with Crippen LogP contribution in [0.1, 0.15) is 38.0 Å². The molecule has 0 aliphatic heterocycles. The molecule has 0 saturated heterocycles. The normalized spacial score (nSPS) is 13.4. The first-order valence-corrected chi connectivity index (χ1v) is 7.91. The maximum atomic E-state index is 12.0. The van der Waals surface area contributed by atoms with Crippen LogP contribution in [0.2, 0.25) is 5.02 Å². The highest BCUT2D eigenvalue weighted by Crippen LogP contribution is 2.17. The lowest BCUT2D eigenvalue weighted by Crippen LogP contribution is -2.33. The smallest absolute Gasteiger partial charge is 0.320 e. The Kier molecular flexibility index (Phi) is 6.01. The molecule has 124 valence electrons. The minimum Gasteiger partial charge on any atom is -0.387 e. The van der Waals surface area contributed by atoms with Crippen molar-refractivity contribution in [1.29, 1.82) is 0 Å². The summed E-state index contributed by atoms with van der Waals surface area (Å²) in [4.78, 5) is 12.0. The van der Waals surface area contributed by atoms with Crippen molar-refractivity contribution in [3.05, 3.63) is 47.1 Å². The Bertz CT molecular complexity index is 642. The van der Waals surface area contributed by atoms with Gasteiger partial charge in [0.05, 0.1) is 18.3 Å². The van der Waals surface area contributed by atoms with Crippen LogP contribution in [0.4, 0.5) is 10.6 Å². The number of anilines is 1. The van der Waals surface area contributed by atoms with Gasteiger partial charge in [-0.1, -0.05) is 30.7 Å². The maximum absolute atomic E-state index is 12.0. The molecule has 0 unspecified atom stereocenters. The van der Waals surface area contributed by atoms with Crippen LogP contribution in [0.5, 0.6) is 0 Å². The average Bonchev–Trinajstić information content (AvgIpc) is 3.00. The maximum Gasteiger partial charge on any atom is 0.320 e. The molecule has 6 nitrogen and oxygen atoms in total. The van der Waals surface area contributed by atoms with Gasteiger partial charge in [0.25, 0.3) is 0 Å². The molecule has 1 heterocycles. The summed E-state index contributed by atoms with van der Waals surface area (Å²) in [6.45, 7) is 4.18. The number of nitrogens with one attached hydrogen (secondary N) is 2. The summed E-state index contributed by atoms with van der Waals surface area (Å²) in [7, 11) is 0. The largest absolute Gasteiger partial charge is 0.387 e. The van der Waals surface area contributed by atoms with E-state index in [9.17, 15) is 9.90 Å². The Hall–Kier alpha value is -2.05. The van der Waals surface area contributed by atoms with Crippen molar-refractivity contribution in [2.45, 2.75) is 32.4 Å². The van der Waals surface area contributed by atoms with Crippen LogP contribution < -0.4 is 10.6 Å². The van der Waals surface area contributed by atoms with Gasteiger partial charge in [0.2, 0.25) is 0 Å². The van der Waals surface area contributed by atoms with Crippen LogP contribution in [-0.2, 0) is 0 Å².